The van der Waals surface area contributed by atoms with Gasteiger partial charge in [0, 0.05) is 13.2 Å². The maximum Gasteiger partial charge on any atom is 0.326 e. The van der Waals surface area contributed by atoms with Crippen LogP contribution in [0.25, 0.3) is 0 Å². The first-order chi connectivity index (χ1) is 9.88. The summed E-state index contributed by atoms with van der Waals surface area (Å²) < 4.78 is 5.31. The van der Waals surface area contributed by atoms with E-state index in [4.69, 9.17) is 9.84 Å². The summed E-state index contributed by atoms with van der Waals surface area (Å²) in [5.41, 5.74) is 0. The van der Waals surface area contributed by atoms with Gasteiger partial charge in [-0.2, -0.15) is 0 Å². The minimum Gasteiger partial charge on any atom is -0.481 e. The number of carboxylic acid groups (broad SMARTS) is 2. The molecule has 3 unspecified atom stereocenters. The van der Waals surface area contributed by atoms with Gasteiger partial charge in [0.25, 0.3) is 5.91 Å². The molecule has 21 heavy (non-hydrogen) atoms. The van der Waals surface area contributed by atoms with E-state index in [-0.39, 0.29) is 18.9 Å². The smallest absolute Gasteiger partial charge is 0.326 e. The molecule has 7 heteroatoms. The van der Waals surface area contributed by atoms with Crippen molar-refractivity contribution in [1.29, 1.82) is 0 Å². The number of hydrogen-bond donors (Lipinski definition) is 2. The molecule has 1 saturated heterocycles. The van der Waals surface area contributed by atoms with E-state index >= 15 is 0 Å². The molecule has 1 rings (SSSR count). The number of nitrogens with zero attached hydrogens (tertiary/aromatic N) is 1. The lowest BCUT2D eigenvalue weighted by Crippen LogP contribution is -2.52. The standard InChI is InChI=1S/C14H23NO6/c1-3-9(2)12(14(19)20)15(7-6-11(16)17)13(18)10-5-4-8-21-10/h9-10,12H,3-8H2,1-2H3,(H,16,17)(H,19,20). The fourth-order valence-corrected chi connectivity index (χ4v) is 2.47. The van der Waals surface area contributed by atoms with Crippen LogP contribution < -0.4 is 0 Å². The van der Waals surface area contributed by atoms with Gasteiger partial charge in [0.1, 0.15) is 12.1 Å². The Hall–Kier alpha value is -1.63. The van der Waals surface area contributed by atoms with Gasteiger partial charge >= 0.3 is 11.9 Å². The quantitative estimate of drug-likeness (QED) is 0.692. The summed E-state index contributed by atoms with van der Waals surface area (Å²) in [6, 6.07) is -1.02. The first-order valence-corrected chi connectivity index (χ1v) is 7.25. The zero-order valence-electron chi connectivity index (χ0n) is 12.4. The summed E-state index contributed by atoms with van der Waals surface area (Å²) in [5.74, 6) is -2.85. The fourth-order valence-electron chi connectivity index (χ4n) is 2.47. The molecular weight excluding hydrogens is 278 g/mol. The molecule has 0 bridgehead atoms. The molecule has 1 aliphatic heterocycles. The summed E-state index contributed by atoms with van der Waals surface area (Å²) >= 11 is 0. The molecule has 1 fully saturated rings. The third-order valence-electron chi connectivity index (χ3n) is 3.83. The predicted molar refractivity (Wildman–Crippen MR) is 73.8 cm³/mol. The maximum absolute atomic E-state index is 12.5. The summed E-state index contributed by atoms with van der Waals surface area (Å²) in [6.45, 7) is 3.95. The van der Waals surface area contributed by atoms with E-state index < -0.39 is 30.0 Å². The van der Waals surface area contributed by atoms with E-state index in [9.17, 15) is 19.5 Å². The minimum absolute atomic E-state index is 0.116. The van der Waals surface area contributed by atoms with Crippen molar-refractivity contribution in [3.05, 3.63) is 0 Å². The van der Waals surface area contributed by atoms with Crippen LogP contribution in [-0.4, -0.2) is 58.3 Å². The lowest BCUT2D eigenvalue weighted by Gasteiger charge is -2.33. The Balaban J connectivity index is 2.94. The van der Waals surface area contributed by atoms with Gasteiger partial charge in [-0.1, -0.05) is 20.3 Å². The van der Waals surface area contributed by atoms with E-state index in [1.165, 1.54) is 4.90 Å². The van der Waals surface area contributed by atoms with Crippen molar-refractivity contribution < 1.29 is 29.3 Å². The molecule has 0 radical (unpaired) electrons. The number of hydrogen-bond acceptors (Lipinski definition) is 4. The second-order valence-corrected chi connectivity index (χ2v) is 5.35. The predicted octanol–water partition coefficient (Wildman–Crippen LogP) is 0.968. The highest BCUT2D eigenvalue weighted by Gasteiger charge is 2.38. The van der Waals surface area contributed by atoms with Crippen LogP contribution in [0.3, 0.4) is 0 Å². The zero-order chi connectivity index (χ0) is 16.0. The van der Waals surface area contributed by atoms with Crippen molar-refractivity contribution >= 4 is 17.8 Å². The van der Waals surface area contributed by atoms with Crippen molar-refractivity contribution in [2.24, 2.45) is 5.92 Å². The van der Waals surface area contributed by atoms with Crippen molar-refractivity contribution in [3.8, 4) is 0 Å². The van der Waals surface area contributed by atoms with Crippen LogP contribution in [0.2, 0.25) is 0 Å². The fraction of sp³-hybridized carbons (Fsp3) is 0.786. The van der Waals surface area contributed by atoms with E-state index in [0.29, 0.717) is 19.4 Å². The van der Waals surface area contributed by atoms with Crippen LogP contribution in [0.1, 0.15) is 39.5 Å². The molecule has 7 nitrogen and oxygen atoms in total. The number of rotatable bonds is 8. The molecule has 0 aromatic rings. The largest absolute Gasteiger partial charge is 0.481 e. The first kappa shape index (κ1) is 17.4. The van der Waals surface area contributed by atoms with Crippen LogP contribution >= 0.6 is 0 Å². The van der Waals surface area contributed by atoms with Gasteiger partial charge in [0.15, 0.2) is 0 Å². The Labute approximate surface area is 123 Å². The molecule has 0 aliphatic carbocycles. The van der Waals surface area contributed by atoms with Gasteiger partial charge in [0.05, 0.1) is 6.42 Å². The van der Waals surface area contributed by atoms with Gasteiger partial charge < -0.3 is 19.8 Å². The second-order valence-electron chi connectivity index (χ2n) is 5.35. The van der Waals surface area contributed by atoms with E-state index in [0.717, 1.165) is 6.42 Å². The lowest BCUT2D eigenvalue weighted by molar-refractivity contribution is -0.158. The SMILES string of the molecule is CCC(C)C(C(=O)O)N(CCC(=O)O)C(=O)C1CCCO1. The van der Waals surface area contributed by atoms with Crippen LogP contribution in [-0.2, 0) is 19.1 Å². The van der Waals surface area contributed by atoms with E-state index in [2.05, 4.69) is 0 Å². The number of amides is 1. The van der Waals surface area contributed by atoms with Crippen molar-refractivity contribution in [2.75, 3.05) is 13.2 Å². The van der Waals surface area contributed by atoms with Gasteiger partial charge in [0.2, 0.25) is 0 Å². The van der Waals surface area contributed by atoms with Crippen LogP contribution in [0.15, 0.2) is 0 Å². The van der Waals surface area contributed by atoms with Crippen LogP contribution in [0.4, 0.5) is 0 Å². The molecule has 2 N–H and O–H groups in total. The Kier molecular flexibility index (Phi) is 6.61. The molecule has 0 saturated carbocycles. The Bertz CT molecular complexity index is 391. The van der Waals surface area contributed by atoms with E-state index in [1.54, 1.807) is 6.92 Å². The molecule has 120 valence electrons. The van der Waals surface area contributed by atoms with Gasteiger partial charge in [-0.25, -0.2) is 4.79 Å². The minimum atomic E-state index is -1.11. The molecule has 1 aliphatic rings. The zero-order valence-corrected chi connectivity index (χ0v) is 12.4. The summed E-state index contributed by atoms with van der Waals surface area (Å²) in [5, 5.41) is 18.2. The summed E-state index contributed by atoms with van der Waals surface area (Å²) in [6.07, 6.45) is 0.960. The molecule has 1 amide bonds. The lowest BCUT2D eigenvalue weighted by atomic mass is 9.96. The van der Waals surface area contributed by atoms with Crippen molar-refractivity contribution in [3.63, 3.8) is 0 Å². The normalized spacial score (nSPS) is 20.8. The molecular formula is C14H23NO6. The number of ether oxygens (including phenoxy) is 1. The Morgan fingerprint density at radius 2 is 2.00 bits per heavy atom. The summed E-state index contributed by atoms with van der Waals surface area (Å²) in [7, 11) is 0. The molecule has 0 aromatic heterocycles. The maximum atomic E-state index is 12.5. The highest BCUT2D eigenvalue weighted by atomic mass is 16.5. The molecule has 0 spiro atoms. The number of carbonyl (C=O) groups is 3. The highest BCUT2D eigenvalue weighted by Crippen LogP contribution is 2.21. The molecule has 3 atom stereocenters. The third kappa shape index (κ3) is 4.70. The molecule has 0 aromatic carbocycles. The topological polar surface area (TPSA) is 104 Å². The van der Waals surface area contributed by atoms with E-state index in [1.807, 2.05) is 6.92 Å². The van der Waals surface area contributed by atoms with Crippen LogP contribution in [0, 0.1) is 5.92 Å². The first-order valence-electron chi connectivity index (χ1n) is 7.25. The Morgan fingerprint density at radius 1 is 1.33 bits per heavy atom. The highest BCUT2D eigenvalue weighted by molar-refractivity contribution is 5.87. The van der Waals surface area contributed by atoms with Crippen molar-refractivity contribution in [1.82, 2.24) is 4.90 Å². The van der Waals surface area contributed by atoms with Gasteiger partial charge in [-0.3, -0.25) is 9.59 Å². The average Bonchev–Trinajstić information content (AvgIpc) is 2.95. The number of carboxylic acids is 2. The monoisotopic (exact) mass is 301 g/mol. The second kappa shape index (κ2) is 7.97. The molecule has 1 heterocycles. The average molecular weight is 301 g/mol. The summed E-state index contributed by atoms with van der Waals surface area (Å²) in [4.78, 5) is 35.9. The van der Waals surface area contributed by atoms with Crippen LogP contribution in [0.5, 0.6) is 0 Å². The number of carbonyl (C=O) groups excluding carboxylic acids is 1. The van der Waals surface area contributed by atoms with Gasteiger partial charge in [-0.05, 0) is 18.8 Å². The third-order valence-corrected chi connectivity index (χ3v) is 3.83. The van der Waals surface area contributed by atoms with Gasteiger partial charge in [-0.15, -0.1) is 0 Å². The van der Waals surface area contributed by atoms with Crippen molar-refractivity contribution in [2.45, 2.75) is 51.7 Å². The Morgan fingerprint density at radius 3 is 2.43 bits per heavy atom. The number of aliphatic carboxylic acids is 2.